The molecule has 0 bridgehead atoms. The highest BCUT2D eigenvalue weighted by molar-refractivity contribution is 6.31. The van der Waals surface area contributed by atoms with Crippen LogP contribution in [0.2, 0.25) is 5.02 Å². The highest BCUT2D eigenvalue weighted by atomic mass is 35.5. The van der Waals surface area contributed by atoms with E-state index in [1.165, 1.54) is 18.2 Å². The van der Waals surface area contributed by atoms with Gasteiger partial charge in [0.25, 0.3) is 0 Å². The van der Waals surface area contributed by atoms with Gasteiger partial charge in [-0.2, -0.15) is 0 Å². The second-order valence-corrected chi connectivity index (χ2v) is 13.3. The molecule has 1 aliphatic rings. The zero-order valence-corrected chi connectivity index (χ0v) is 28.0. The minimum absolute atomic E-state index is 0.00198. The van der Waals surface area contributed by atoms with E-state index in [9.17, 15) is 23.6 Å². The van der Waals surface area contributed by atoms with Gasteiger partial charge in [-0.05, 0) is 74.1 Å². The van der Waals surface area contributed by atoms with Gasteiger partial charge in [0.05, 0.1) is 5.41 Å². The lowest BCUT2D eigenvalue weighted by Gasteiger charge is -2.29. The number of aryl methyl sites for hydroxylation is 1. The van der Waals surface area contributed by atoms with E-state index in [1.807, 2.05) is 39.8 Å². The van der Waals surface area contributed by atoms with Crippen LogP contribution in [0.1, 0.15) is 64.2 Å². The Kier molecular flexibility index (Phi) is 13.1. The van der Waals surface area contributed by atoms with Crippen molar-refractivity contribution in [1.82, 2.24) is 10.6 Å². The number of amides is 2. The van der Waals surface area contributed by atoms with Crippen LogP contribution in [0.5, 0.6) is 0 Å². The topological polar surface area (TPSA) is 111 Å². The molecular weight excluding hydrogens is 611 g/mol. The number of esters is 2. The summed E-state index contributed by atoms with van der Waals surface area (Å²) in [6, 6.07) is 10.5. The minimum Gasteiger partial charge on any atom is -0.459 e. The molecule has 0 aromatic heterocycles. The SMILES string of the molecule is Cc1ccc(C[C@H]2NC(=O)/C=C/C[C@@H]([C@H](C)/C=C/c3cccc(F)c3)OC(=O)[C@H](CC(C)C)OC(=O)C(C)(C)CNC2=O)cc1Cl. The molecule has 4 atom stereocenters. The first-order valence-corrected chi connectivity index (χ1v) is 15.9. The molecule has 8 nitrogen and oxygen atoms in total. The molecule has 0 saturated carbocycles. The van der Waals surface area contributed by atoms with Crippen LogP contribution >= 0.6 is 11.6 Å². The first kappa shape index (κ1) is 36.5. The van der Waals surface area contributed by atoms with Gasteiger partial charge in [-0.25, -0.2) is 9.18 Å². The minimum atomic E-state index is -1.20. The molecule has 2 amide bonds. The summed E-state index contributed by atoms with van der Waals surface area (Å²) in [4.78, 5) is 53.2. The van der Waals surface area contributed by atoms with Gasteiger partial charge in [-0.3, -0.25) is 14.4 Å². The van der Waals surface area contributed by atoms with Crippen molar-refractivity contribution in [1.29, 1.82) is 0 Å². The summed E-state index contributed by atoms with van der Waals surface area (Å²) in [6.07, 6.45) is 5.00. The van der Waals surface area contributed by atoms with E-state index in [-0.39, 0.29) is 43.5 Å². The molecule has 0 fully saturated rings. The summed E-state index contributed by atoms with van der Waals surface area (Å²) in [5.74, 6) is -3.13. The number of carbonyl (C=O) groups excluding carboxylic acids is 4. The fraction of sp³-hybridized carbons (Fsp3) is 0.444. The van der Waals surface area contributed by atoms with Gasteiger partial charge in [0.2, 0.25) is 11.8 Å². The smallest absolute Gasteiger partial charge is 0.347 e. The number of halogens is 2. The van der Waals surface area contributed by atoms with Gasteiger partial charge in [0, 0.05) is 30.3 Å². The monoisotopic (exact) mass is 654 g/mol. The van der Waals surface area contributed by atoms with Gasteiger partial charge in [-0.1, -0.05) is 74.9 Å². The van der Waals surface area contributed by atoms with Crippen molar-refractivity contribution in [2.24, 2.45) is 17.3 Å². The molecule has 0 saturated heterocycles. The maximum Gasteiger partial charge on any atom is 0.347 e. The van der Waals surface area contributed by atoms with E-state index >= 15 is 0 Å². The standard InChI is InChI=1S/C36H44ClFN2O6/c1-22(2)17-31-34(43)45-30(24(4)14-15-25-9-7-10-27(38)18-25)11-8-12-32(41)40-29(20-26-16-13-23(3)28(37)19-26)33(42)39-21-36(5,6)35(44)46-31/h7-10,12-16,18-19,22,24,29-31H,11,17,20-21H2,1-6H3,(H,39,42)(H,40,41)/b12-8+,15-14+/t24-,29-,30+,31+/m1/s1. The van der Waals surface area contributed by atoms with Crippen LogP contribution in [0.3, 0.4) is 0 Å². The molecule has 2 aromatic carbocycles. The highest BCUT2D eigenvalue weighted by Crippen LogP contribution is 2.24. The van der Waals surface area contributed by atoms with Gasteiger partial charge >= 0.3 is 11.9 Å². The molecular formula is C36H44ClFN2O6. The van der Waals surface area contributed by atoms with E-state index in [0.29, 0.717) is 10.6 Å². The van der Waals surface area contributed by atoms with Gasteiger partial charge in [0.1, 0.15) is 18.0 Å². The number of hydrogen-bond acceptors (Lipinski definition) is 6. The first-order chi connectivity index (χ1) is 21.6. The van der Waals surface area contributed by atoms with Crippen molar-refractivity contribution >= 4 is 41.4 Å². The lowest BCUT2D eigenvalue weighted by Crippen LogP contribution is -2.51. The van der Waals surface area contributed by atoms with Crippen LogP contribution in [0, 0.1) is 30.0 Å². The third-order valence-electron chi connectivity index (χ3n) is 7.70. The molecule has 3 rings (SSSR count). The summed E-state index contributed by atoms with van der Waals surface area (Å²) in [5.41, 5.74) is 1.06. The molecule has 0 radical (unpaired) electrons. The second kappa shape index (κ2) is 16.5. The Hall–Kier alpha value is -3.98. The van der Waals surface area contributed by atoms with Crippen LogP contribution in [-0.2, 0) is 35.1 Å². The van der Waals surface area contributed by atoms with E-state index in [4.69, 9.17) is 21.1 Å². The van der Waals surface area contributed by atoms with Gasteiger partial charge < -0.3 is 20.1 Å². The molecule has 2 aromatic rings. The Balaban J connectivity index is 1.94. The first-order valence-electron chi connectivity index (χ1n) is 15.5. The average molecular weight is 655 g/mol. The van der Waals surface area contributed by atoms with Crippen LogP contribution in [-0.4, -0.2) is 48.5 Å². The van der Waals surface area contributed by atoms with Gasteiger partial charge in [0.15, 0.2) is 6.10 Å². The average Bonchev–Trinajstić information content (AvgIpc) is 2.98. The summed E-state index contributed by atoms with van der Waals surface area (Å²) >= 11 is 6.31. The molecule has 46 heavy (non-hydrogen) atoms. The lowest BCUT2D eigenvalue weighted by atomic mass is 9.93. The maximum absolute atomic E-state index is 13.7. The Morgan fingerprint density at radius 1 is 1.07 bits per heavy atom. The van der Waals surface area contributed by atoms with Gasteiger partial charge in [-0.15, -0.1) is 0 Å². The number of benzene rings is 2. The molecule has 10 heteroatoms. The summed E-state index contributed by atoms with van der Waals surface area (Å²) < 4.78 is 25.4. The zero-order valence-electron chi connectivity index (χ0n) is 27.3. The number of ether oxygens (including phenoxy) is 2. The molecule has 0 aliphatic carbocycles. The fourth-order valence-corrected chi connectivity index (χ4v) is 4.95. The molecule has 1 aliphatic heterocycles. The lowest BCUT2D eigenvalue weighted by molar-refractivity contribution is -0.178. The van der Waals surface area contributed by atoms with E-state index in [1.54, 1.807) is 50.3 Å². The number of nitrogens with one attached hydrogen (secondary N) is 2. The second-order valence-electron chi connectivity index (χ2n) is 12.9. The van der Waals surface area contributed by atoms with Crippen LogP contribution in [0.15, 0.2) is 60.7 Å². The Morgan fingerprint density at radius 3 is 2.48 bits per heavy atom. The van der Waals surface area contributed by atoms with Crippen LogP contribution < -0.4 is 10.6 Å². The number of carbonyl (C=O) groups is 4. The number of rotatable bonds is 7. The molecule has 2 N–H and O–H groups in total. The normalized spacial score (nSPS) is 22.9. The molecule has 248 valence electrons. The highest BCUT2D eigenvalue weighted by Gasteiger charge is 2.37. The van der Waals surface area contributed by atoms with Crippen molar-refractivity contribution in [3.05, 3.63) is 88.2 Å². The summed E-state index contributed by atoms with van der Waals surface area (Å²) in [6.45, 7) is 10.6. The molecule has 1 heterocycles. The largest absolute Gasteiger partial charge is 0.459 e. The van der Waals surface area contributed by atoms with Crippen molar-refractivity contribution in [2.75, 3.05) is 6.54 Å². The fourth-order valence-electron chi connectivity index (χ4n) is 4.74. The Morgan fingerprint density at radius 2 is 1.80 bits per heavy atom. The number of hydrogen-bond donors (Lipinski definition) is 2. The Bertz CT molecular complexity index is 1470. The van der Waals surface area contributed by atoms with Crippen molar-refractivity contribution in [2.45, 2.75) is 79.1 Å². The third-order valence-corrected chi connectivity index (χ3v) is 8.10. The third kappa shape index (κ3) is 11.1. The zero-order chi connectivity index (χ0) is 34.0. The van der Waals surface area contributed by atoms with Crippen molar-refractivity contribution in [3.8, 4) is 0 Å². The Labute approximate surface area is 275 Å². The maximum atomic E-state index is 13.7. The molecule has 0 unspecified atom stereocenters. The van der Waals surface area contributed by atoms with E-state index in [2.05, 4.69) is 10.6 Å². The summed E-state index contributed by atoms with van der Waals surface area (Å²) in [7, 11) is 0. The van der Waals surface area contributed by atoms with Crippen LogP contribution in [0.25, 0.3) is 6.08 Å². The quantitative estimate of drug-likeness (QED) is 0.347. The predicted molar refractivity (Wildman–Crippen MR) is 176 cm³/mol. The van der Waals surface area contributed by atoms with Crippen molar-refractivity contribution in [3.63, 3.8) is 0 Å². The van der Waals surface area contributed by atoms with Crippen LogP contribution in [0.4, 0.5) is 4.39 Å². The summed E-state index contributed by atoms with van der Waals surface area (Å²) in [5, 5.41) is 6.05. The predicted octanol–water partition coefficient (Wildman–Crippen LogP) is 6.14. The van der Waals surface area contributed by atoms with E-state index < -0.39 is 47.4 Å². The molecule has 0 spiro atoms. The van der Waals surface area contributed by atoms with Crippen molar-refractivity contribution < 1.29 is 33.0 Å². The number of cyclic esters (lactones) is 2. The van der Waals surface area contributed by atoms with E-state index in [0.717, 1.165) is 11.1 Å².